The summed E-state index contributed by atoms with van der Waals surface area (Å²) < 4.78 is 5.57. The van der Waals surface area contributed by atoms with E-state index in [1.807, 2.05) is 18.2 Å². The zero-order chi connectivity index (χ0) is 14.6. The second-order valence-corrected chi connectivity index (χ2v) is 6.20. The number of unbranched alkanes of at least 4 members (excludes halogenated alkanes) is 2. The van der Waals surface area contributed by atoms with Crippen molar-refractivity contribution in [1.82, 2.24) is 0 Å². The molecule has 2 rings (SSSR count). The molecule has 0 bridgehead atoms. The fourth-order valence-electron chi connectivity index (χ4n) is 3.12. The van der Waals surface area contributed by atoms with E-state index in [0.717, 1.165) is 32.1 Å². The maximum absolute atomic E-state index is 11.9. The highest BCUT2D eigenvalue weighted by Gasteiger charge is 2.55. The molecule has 1 heterocycles. The first-order chi connectivity index (χ1) is 9.51. The molecule has 0 amide bonds. The number of allylic oxidation sites excluding steroid dienone is 2. The van der Waals surface area contributed by atoms with Crippen LogP contribution in [0.5, 0.6) is 0 Å². The van der Waals surface area contributed by atoms with E-state index in [0.29, 0.717) is 12.8 Å². The van der Waals surface area contributed by atoms with Gasteiger partial charge >= 0.3 is 5.97 Å². The molecule has 0 aromatic rings. The zero-order valence-corrected chi connectivity index (χ0v) is 12.5. The van der Waals surface area contributed by atoms with Gasteiger partial charge in [0.15, 0.2) is 11.4 Å². The lowest BCUT2D eigenvalue weighted by atomic mass is 9.67. The molecule has 110 valence electrons. The Balaban J connectivity index is 2.09. The van der Waals surface area contributed by atoms with E-state index in [9.17, 15) is 9.59 Å². The lowest BCUT2D eigenvalue weighted by molar-refractivity contribution is -0.144. The SMILES string of the molecule is CCCCCC(=O)/C=C/[C@]12C=CCC[C@@]1(C)CC(=O)O2. The van der Waals surface area contributed by atoms with Gasteiger partial charge in [-0.25, -0.2) is 0 Å². The molecule has 20 heavy (non-hydrogen) atoms. The molecule has 0 unspecified atom stereocenters. The number of fused-ring (bicyclic) bond motifs is 1. The van der Waals surface area contributed by atoms with Crippen molar-refractivity contribution in [3.05, 3.63) is 24.3 Å². The molecule has 0 saturated carbocycles. The summed E-state index contributed by atoms with van der Waals surface area (Å²) in [6.45, 7) is 4.20. The average Bonchev–Trinajstić information content (AvgIpc) is 2.67. The standard InChI is InChI=1S/C17H24O3/c1-3-4-5-8-14(18)9-12-17-11-7-6-10-16(17,2)13-15(19)20-17/h7,9,11-12H,3-6,8,10,13H2,1-2H3/b12-9+/t16-,17+/m0/s1. The molecule has 0 radical (unpaired) electrons. The number of hydrogen-bond donors (Lipinski definition) is 0. The number of hydrogen-bond acceptors (Lipinski definition) is 3. The molecule has 1 aliphatic heterocycles. The van der Waals surface area contributed by atoms with Crippen molar-refractivity contribution in [2.24, 2.45) is 5.41 Å². The minimum atomic E-state index is -0.706. The van der Waals surface area contributed by atoms with Gasteiger partial charge in [0.1, 0.15) is 0 Å². The molecule has 2 aliphatic rings. The van der Waals surface area contributed by atoms with Crippen molar-refractivity contribution in [2.45, 2.75) is 64.4 Å². The third-order valence-corrected chi connectivity index (χ3v) is 4.53. The van der Waals surface area contributed by atoms with Crippen molar-refractivity contribution in [3.63, 3.8) is 0 Å². The predicted octanol–water partition coefficient (Wildman–Crippen LogP) is 3.73. The number of rotatable bonds is 6. The Bertz CT molecular complexity index is 449. The Labute approximate surface area is 121 Å². The van der Waals surface area contributed by atoms with Crippen LogP contribution in [-0.4, -0.2) is 17.4 Å². The van der Waals surface area contributed by atoms with Crippen LogP contribution in [-0.2, 0) is 14.3 Å². The molecule has 0 spiro atoms. The Morgan fingerprint density at radius 1 is 1.45 bits per heavy atom. The van der Waals surface area contributed by atoms with E-state index < -0.39 is 5.60 Å². The molecule has 2 atom stereocenters. The van der Waals surface area contributed by atoms with Crippen LogP contribution in [0.4, 0.5) is 0 Å². The third-order valence-electron chi connectivity index (χ3n) is 4.53. The third kappa shape index (κ3) is 2.87. The Morgan fingerprint density at radius 3 is 3.00 bits per heavy atom. The number of esters is 1. The highest BCUT2D eigenvalue weighted by Crippen LogP contribution is 2.51. The number of carbonyl (C=O) groups excluding carboxylic acids is 2. The maximum atomic E-state index is 11.9. The van der Waals surface area contributed by atoms with Crippen LogP contribution in [0.15, 0.2) is 24.3 Å². The van der Waals surface area contributed by atoms with E-state index >= 15 is 0 Å². The molecule has 1 fully saturated rings. The summed E-state index contributed by atoms with van der Waals surface area (Å²) in [6, 6.07) is 0. The van der Waals surface area contributed by atoms with Gasteiger partial charge in [0.2, 0.25) is 0 Å². The van der Waals surface area contributed by atoms with Gasteiger partial charge in [-0.1, -0.05) is 32.8 Å². The number of ether oxygens (including phenoxy) is 1. The van der Waals surface area contributed by atoms with E-state index in [-0.39, 0.29) is 17.2 Å². The van der Waals surface area contributed by atoms with E-state index in [1.54, 1.807) is 6.08 Å². The largest absolute Gasteiger partial charge is 0.450 e. The van der Waals surface area contributed by atoms with Crippen molar-refractivity contribution in [2.75, 3.05) is 0 Å². The molecule has 0 aromatic heterocycles. The van der Waals surface area contributed by atoms with Crippen LogP contribution in [0.1, 0.15) is 58.8 Å². The maximum Gasteiger partial charge on any atom is 0.307 e. The summed E-state index contributed by atoms with van der Waals surface area (Å²) in [6.07, 6.45) is 13.4. The Kier molecular flexibility index (Phi) is 4.46. The fourth-order valence-corrected chi connectivity index (χ4v) is 3.12. The fraction of sp³-hybridized carbons (Fsp3) is 0.647. The number of ketones is 1. The van der Waals surface area contributed by atoms with Crippen LogP contribution >= 0.6 is 0 Å². The van der Waals surface area contributed by atoms with Crippen molar-refractivity contribution < 1.29 is 14.3 Å². The first kappa shape index (κ1) is 15.0. The molecule has 1 aliphatic carbocycles. The van der Waals surface area contributed by atoms with Crippen molar-refractivity contribution in [1.29, 1.82) is 0 Å². The monoisotopic (exact) mass is 276 g/mol. The summed E-state index contributed by atoms with van der Waals surface area (Å²) in [4.78, 5) is 23.6. The van der Waals surface area contributed by atoms with Gasteiger partial charge in [-0.3, -0.25) is 9.59 Å². The molecule has 0 aromatic carbocycles. The van der Waals surface area contributed by atoms with Crippen LogP contribution in [0.2, 0.25) is 0 Å². The summed E-state index contributed by atoms with van der Waals surface area (Å²) in [5, 5.41) is 0. The van der Waals surface area contributed by atoms with Crippen LogP contribution in [0, 0.1) is 5.41 Å². The lowest BCUT2D eigenvalue weighted by Crippen LogP contribution is -2.41. The molecule has 1 saturated heterocycles. The van der Waals surface area contributed by atoms with Gasteiger partial charge in [-0.15, -0.1) is 0 Å². The van der Waals surface area contributed by atoms with Crippen molar-refractivity contribution in [3.8, 4) is 0 Å². The minimum absolute atomic E-state index is 0.122. The first-order valence-electron chi connectivity index (χ1n) is 7.63. The van der Waals surface area contributed by atoms with Gasteiger partial charge in [0.25, 0.3) is 0 Å². The second kappa shape index (κ2) is 5.94. The average molecular weight is 276 g/mol. The summed E-state index contributed by atoms with van der Waals surface area (Å²) in [5.41, 5.74) is -0.915. The lowest BCUT2D eigenvalue weighted by Gasteiger charge is -2.39. The van der Waals surface area contributed by atoms with E-state index in [4.69, 9.17) is 4.74 Å². The molecule has 0 N–H and O–H groups in total. The normalized spacial score (nSPS) is 32.4. The minimum Gasteiger partial charge on any atom is -0.450 e. The summed E-state index contributed by atoms with van der Waals surface area (Å²) in [7, 11) is 0. The topological polar surface area (TPSA) is 43.4 Å². The van der Waals surface area contributed by atoms with E-state index in [2.05, 4.69) is 13.8 Å². The first-order valence-corrected chi connectivity index (χ1v) is 7.63. The van der Waals surface area contributed by atoms with Crippen LogP contribution < -0.4 is 0 Å². The van der Waals surface area contributed by atoms with Gasteiger partial charge in [0.05, 0.1) is 6.42 Å². The van der Waals surface area contributed by atoms with Gasteiger partial charge < -0.3 is 4.74 Å². The predicted molar refractivity (Wildman–Crippen MR) is 78.2 cm³/mol. The highest BCUT2D eigenvalue weighted by atomic mass is 16.6. The van der Waals surface area contributed by atoms with Gasteiger partial charge in [-0.2, -0.15) is 0 Å². The number of carbonyl (C=O) groups is 2. The highest BCUT2D eigenvalue weighted by molar-refractivity contribution is 5.90. The molecular weight excluding hydrogens is 252 g/mol. The summed E-state index contributed by atoms with van der Waals surface area (Å²) >= 11 is 0. The van der Waals surface area contributed by atoms with E-state index in [1.165, 1.54) is 0 Å². The van der Waals surface area contributed by atoms with Crippen molar-refractivity contribution >= 4 is 11.8 Å². The quantitative estimate of drug-likeness (QED) is 0.321. The van der Waals surface area contributed by atoms with Crippen LogP contribution in [0.25, 0.3) is 0 Å². The zero-order valence-electron chi connectivity index (χ0n) is 12.5. The molecule has 3 nitrogen and oxygen atoms in total. The Hall–Kier alpha value is -1.38. The smallest absolute Gasteiger partial charge is 0.307 e. The summed E-state index contributed by atoms with van der Waals surface area (Å²) in [5.74, 6) is -0.0424. The van der Waals surface area contributed by atoms with Gasteiger partial charge in [-0.05, 0) is 37.5 Å². The van der Waals surface area contributed by atoms with Gasteiger partial charge in [0, 0.05) is 11.8 Å². The molecule has 3 heteroatoms. The second-order valence-electron chi connectivity index (χ2n) is 6.20. The van der Waals surface area contributed by atoms with Crippen LogP contribution in [0.3, 0.4) is 0 Å². The Morgan fingerprint density at radius 2 is 2.25 bits per heavy atom. The molecular formula is C17H24O3.